The molecule has 0 bridgehead atoms. The maximum absolute atomic E-state index is 13.4. The number of nitrogens with zero attached hydrogens (tertiary/aromatic N) is 3. The van der Waals surface area contributed by atoms with Crippen LogP contribution in [0.5, 0.6) is 5.75 Å². The molecule has 1 heterocycles. The summed E-state index contributed by atoms with van der Waals surface area (Å²) in [5.41, 5.74) is 3.84. The highest BCUT2D eigenvalue weighted by Crippen LogP contribution is 2.35. The molecule has 1 saturated heterocycles. The third-order valence-electron chi connectivity index (χ3n) is 7.10. The number of hydrogen-bond donors (Lipinski definition) is 1. The van der Waals surface area contributed by atoms with Gasteiger partial charge in [0.25, 0.3) is 5.91 Å². The SMILES string of the molecule is C=CCN1C[C@H](C)N([C@@H](c2cccc(O)c2)c2cccc(C(=O)N(C)Cc3ccccc3)c2)CC1C. The summed E-state index contributed by atoms with van der Waals surface area (Å²) in [6.45, 7) is 11.7. The zero-order chi connectivity index (χ0) is 25.7. The lowest BCUT2D eigenvalue weighted by Gasteiger charge is -2.47. The molecule has 1 amide bonds. The fourth-order valence-corrected chi connectivity index (χ4v) is 5.27. The second kappa shape index (κ2) is 11.5. The molecular formula is C31H37N3O2. The van der Waals surface area contributed by atoms with E-state index in [0.29, 0.717) is 18.2 Å². The molecule has 3 aromatic rings. The minimum Gasteiger partial charge on any atom is -0.508 e. The number of amides is 1. The number of benzene rings is 3. The molecule has 188 valence electrons. The van der Waals surface area contributed by atoms with Gasteiger partial charge in [-0.15, -0.1) is 6.58 Å². The summed E-state index contributed by atoms with van der Waals surface area (Å²) in [4.78, 5) is 20.1. The van der Waals surface area contributed by atoms with Crippen molar-refractivity contribution in [3.8, 4) is 5.75 Å². The predicted molar refractivity (Wildman–Crippen MR) is 146 cm³/mol. The van der Waals surface area contributed by atoms with Gasteiger partial charge in [0, 0.05) is 50.9 Å². The lowest BCUT2D eigenvalue weighted by atomic mass is 9.92. The summed E-state index contributed by atoms with van der Waals surface area (Å²) in [6.07, 6.45) is 1.96. The Morgan fingerprint density at radius 1 is 1.00 bits per heavy atom. The molecule has 0 spiro atoms. The Balaban J connectivity index is 1.66. The van der Waals surface area contributed by atoms with Crippen molar-refractivity contribution < 1.29 is 9.90 Å². The van der Waals surface area contributed by atoms with Crippen LogP contribution >= 0.6 is 0 Å². The van der Waals surface area contributed by atoms with Crippen LogP contribution in [-0.4, -0.2) is 64.5 Å². The van der Waals surface area contributed by atoms with Gasteiger partial charge in [0.15, 0.2) is 0 Å². The van der Waals surface area contributed by atoms with Gasteiger partial charge >= 0.3 is 0 Å². The van der Waals surface area contributed by atoms with Crippen LogP contribution in [0.25, 0.3) is 0 Å². The van der Waals surface area contributed by atoms with Crippen molar-refractivity contribution in [2.45, 2.75) is 38.5 Å². The van der Waals surface area contributed by atoms with Crippen LogP contribution in [0, 0.1) is 0 Å². The van der Waals surface area contributed by atoms with Gasteiger partial charge in [-0.1, -0.05) is 60.7 Å². The van der Waals surface area contributed by atoms with Crippen molar-refractivity contribution in [3.63, 3.8) is 0 Å². The van der Waals surface area contributed by atoms with Crippen molar-refractivity contribution in [3.05, 3.63) is 114 Å². The van der Waals surface area contributed by atoms with Gasteiger partial charge in [0.2, 0.25) is 0 Å². The van der Waals surface area contributed by atoms with E-state index in [-0.39, 0.29) is 23.7 Å². The molecule has 36 heavy (non-hydrogen) atoms. The Morgan fingerprint density at radius 2 is 1.69 bits per heavy atom. The second-order valence-electron chi connectivity index (χ2n) is 9.91. The van der Waals surface area contributed by atoms with Gasteiger partial charge < -0.3 is 10.0 Å². The molecule has 4 rings (SSSR count). The molecule has 0 aliphatic carbocycles. The molecule has 0 radical (unpaired) electrons. The van der Waals surface area contributed by atoms with E-state index in [1.54, 1.807) is 11.0 Å². The van der Waals surface area contributed by atoms with E-state index in [4.69, 9.17) is 0 Å². The summed E-state index contributed by atoms with van der Waals surface area (Å²) in [5.74, 6) is 0.242. The fraction of sp³-hybridized carbons (Fsp3) is 0.323. The Morgan fingerprint density at radius 3 is 2.39 bits per heavy atom. The number of aromatic hydroxyl groups is 1. The van der Waals surface area contributed by atoms with E-state index in [9.17, 15) is 9.90 Å². The van der Waals surface area contributed by atoms with Crippen LogP contribution in [0.15, 0.2) is 91.5 Å². The first-order valence-electron chi connectivity index (χ1n) is 12.7. The Hall–Kier alpha value is -3.41. The van der Waals surface area contributed by atoms with Crippen molar-refractivity contribution in [2.24, 2.45) is 0 Å². The molecule has 1 aliphatic heterocycles. The topological polar surface area (TPSA) is 47.0 Å². The van der Waals surface area contributed by atoms with E-state index >= 15 is 0 Å². The maximum atomic E-state index is 13.4. The van der Waals surface area contributed by atoms with Crippen molar-refractivity contribution in [2.75, 3.05) is 26.7 Å². The lowest BCUT2D eigenvalue weighted by molar-refractivity contribution is 0.0306. The van der Waals surface area contributed by atoms with Gasteiger partial charge in [-0.2, -0.15) is 0 Å². The predicted octanol–water partition coefficient (Wildman–Crippen LogP) is 5.33. The van der Waals surface area contributed by atoms with Crippen LogP contribution in [0.4, 0.5) is 0 Å². The van der Waals surface area contributed by atoms with E-state index < -0.39 is 0 Å². The highest BCUT2D eigenvalue weighted by Gasteiger charge is 2.34. The van der Waals surface area contributed by atoms with Crippen LogP contribution in [0.2, 0.25) is 0 Å². The summed E-state index contributed by atoms with van der Waals surface area (Å²) in [6, 6.07) is 26.1. The highest BCUT2D eigenvalue weighted by molar-refractivity contribution is 5.94. The van der Waals surface area contributed by atoms with Gasteiger partial charge in [-0.05, 0) is 54.8 Å². The minimum absolute atomic E-state index is 0.00687. The molecule has 1 unspecified atom stereocenters. The molecule has 5 nitrogen and oxygen atoms in total. The third-order valence-corrected chi connectivity index (χ3v) is 7.10. The van der Waals surface area contributed by atoms with E-state index in [2.05, 4.69) is 42.4 Å². The summed E-state index contributed by atoms with van der Waals surface area (Å²) in [7, 11) is 1.84. The fourth-order valence-electron chi connectivity index (χ4n) is 5.27. The van der Waals surface area contributed by atoms with Gasteiger partial charge in [0.1, 0.15) is 5.75 Å². The first-order valence-corrected chi connectivity index (χ1v) is 12.7. The van der Waals surface area contributed by atoms with Crippen LogP contribution < -0.4 is 0 Å². The first kappa shape index (κ1) is 25.7. The smallest absolute Gasteiger partial charge is 0.253 e. The number of piperazine rings is 1. The van der Waals surface area contributed by atoms with Gasteiger partial charge in [0.05, 0.1) is 6.04 Å². The summed E-state index contributed by atoms with van der Waals surface area (Å²) < 4.78 is 0. The number of carbonyl (C=O) groups excluding carboxylic acids is 1. The Kier molecular flexibility index (Phi) is 8.24. The quantitative estimate of drug-likeness (QED) is 0.440. The van der Waals surface area contributed by atoms with Crippen LogP contribution in [0.3, 0.4) is 0 Å². The molecule has 5 heteroatoms. The second-order valence-corrected chi connectivity index (χ2v) is 9.91. The lowest BCUT2D eigenvalue weighted by Crippen LogP contribution is -2.57. The number of carbonyl (C=O) groups is 1. The highest BCUT2D eigenvalue weighted by atomic mass is 16.3. The van der Waals surface area contributed by atoms with Crippen LogP contribution in [-0.2, 0) is 6.54 Å². The van der Waals surface area contributed by atoms with E-state index in [1.165, 1.54) is 0 Å². The zero-order valence-corrected chi connectivity index (χ0v) is 21.5. The Labute approximate surface area is 215 Å². The largest absolute Gasteiger partial charge is 0.508 e. The van der Waals surface area contributed by atoms with Crippen LogP contribution in [0.1, 0.15) is 46.9 Å². The molecule has 1 aliphatic rings. The number of rotatable bonds is 8. The zero-order valence-electron chi connectivity index (χ0n) is 21.5. The maximum Gasteiger partial charge on any atom is 0.253 e. The molecule has 1 N–H and O–H groups in total. The monoisotopic (exact) mass is 483 g/mol. The normalized spacial score (nSPS) is 19.5. The average Bonchev–Trinajstić information content (AvgIpc) is 2.87. The van der Waals surface area contributed by atoms with Gasteiger partial charge in [-0.25, -0.2) is 0 Å². The standard InChI is InChI=1S/C31H37N3O2/c1-5-17-33-20-24(3)34(21-23(33)2)30(27-14-10-16-29(35)19-27)26-13-9-15-28(18-26)31(36)32(4)22-25-11-7-6-8-12-25/h5-16,18-19,23-24,30,35H,1,17,20-22H2,2-4H3/t23?,24-,30+/m0/s1. The van der Waals surface area contributed by atoms with Crippen molar-refractivity contribution in [1.29, 1.82) is 0 Å². The number of phenols is 1. The summed E-state index contributed by atoms with van der Waals surface area (Å²) >= 11 is 0. The number of phenolic OH excluding ortho intramolecular Hbond substituents is 1. The van der Waals surface area contributed by atoms with Gasteiger partial charge in [-0.3, -0.25) is 14.6 Å². The Bertz CT molecular complexity index is 1180. The molecule has 1 fully saturated rings. The van der Waals surface area contributed by atoms with Crippen molar-refractivity contribution >= 4 is 5.91 Å². The average molecular weight is 484 g/mol. The van der Waals surface area contributed by atoms with E-state index in [0.717, 1.165) is 36.3 Å². The molecular weight excluding hydrogens is 446 g/mol. The molecule has 3 aromatic carbocycles. The van der Waals surface area contributed by atoms with E-state index in [1.807, 2.05) is 73.8 Å². The third kappa shape index (κ3) is 5.86. The molecule has 3 atom stereocenters. The first-order chi connectivity index (χ1) is 17.4. The number of hydrogen-bond acceptors (Lipinski definition) is 4. The molecule has 0 aromatic heterocycles. The summed E-state index contributed by atoms with van der Waals surface area (Å²) in [5, 5.41) is 10.3. The molecule has 0 saturated carbocycles. The van der Waals surface area contributed by atoms with Crippen molar-refractivity contribution in [1.82, 2.24) is 14.7 Å². The minimum atomic E-state index is -0.0763.